The SMILES string of the molecule is CCOC(=O)c1c[nH]c2cc(NC3CCCCC3)c(F)cc2c1=O. The lowest BCUT2D eigenvalue weighted by atomic mass is 9.95. The second kappa shape index (κ2) is 7.03. The van der Waals surface area contributed by atoms with Gasteiger partial charge in [0.05, 0.1) is 17.8 Å². The first-order valence-electron chi connectivity index (χ1n) is 8.38. The maximum Gasteiger partial charge on any atom is 0.343 e. The van der Waals surface area contributed by atoms with E-state index in [0.717, 1.165) is 25.7 Å². The molecule has 3 rings (SSSR count). The van der Waals surface area contributed by atoms with E-state index in [0.29, 0.717) is 11.2 Å². The molecule has 0 atom stereocenters. The number of carbonyl (C=O) groups excluding carboxylic acids is 1. The minimum atomic E-state index is -0.703. The number of aromatic nitrogens is 1. The Kier molecular flexibility index (Phi) is 4.83. The molecule has 2 N–H and O–H groups in total. The number of carbonyl (C=O) groups is 1. The minimum Gasteiger partial charge on any atom is -0.462 e. The van der Waals surface area contributed by atoms with Crippen molar-refractivity contribution < 1.29 is 13.9 Å². The fourth-order valence-corrected chi connectivity index (χ4v) is 3.18. The molecule has 1 aliphatic rings. The van der Waals surface area contributed by atoms with E-state index in [1.54, 1.807) is 13.0 Å². The summed E-state index contributed by atoms with van der Waals surface area (Å²) in [5.41, 5.74) is 0.240. The molecule has 2 aromatic rings. The zero-order valence-corrected chi connectivity index (χ0v) is 13.7. The van der Waals surface area contributed by atoms with Crippen LogP contribution in [0.3, 0.4) is 0 Å². The van der Waals surface area contributed by atoms with Crippen molar-refractivity contribution >= 4 is 22.6 Å². The average molecular weight is 332 g/mol. The molecular weight excluding hydrogens is 311 g/mol. The normalized spacial score (nSPS) is 15.4. The van der Waals surface area contributed by atoms with Crippen molar-refractivity contribution in [3.05, 3.63) is 39.9 Å². The van der Waals surface area contributed by atoms with E-state index >= 15 is 0 Å². The fourth-order valence-electron chi connectivity index (χ4n) is 3.18. The van der Waals surface area contributed by atoms with Gasteiger partial charge in [0.25, 0.3) is 0 Å². The average Bonchev–Trinajstić information content (AvgIpc) is 2.58. The summed E-state index contributed by atoms with van der Waals surface area (Å²) in [6.07, 6.45) is 6.89. The topological polar surface area (TPSA) is 71.2 Å². The maximum absolute atomic E-state index is 14.4. The maximum atomic E-state index is 14.4. The summed E-state index contributed by atoms with van der Waals surface area (Å²) in [6, 6.07) is 3.04. The number of rotatable bonds is 4. The van der Waals surface area contributed by atoms with Crippen molar-refractivity contribution in [2.45, 2.75) is 45.1 Å². The molecule has 1 aromatic heterocycles. The van der Waals surface area contributed by atoms with Crippen molar-refractivity contribution in [3.63, 3.8) is 0 Å². The van der Waals surface area contributed by atoms with E-state index in [2.05, 4.69) is 10.3 Å². The first-order chi connectivity index (χ1) is 11.6. The van der Waals surface area contributed by atoms with Gasteiger partial charge < -0.3 is 15.0 Å². The molecule has 0 radical (unpaired) electrons. The highest BCUT2D eigenvalue weighted by Crippen LogP contribution is 2.25. The van der Waals surface area contributed by atoms with Crippen molar-refractivity contribution in [1.82, 2.24) is 4.98 Å². The molecule has 1 saturated carbocycles. The van der Waals surface area contributed by atoms with Crippen LogP contribution in [0.1, 0.15) is 49.4 Å². The number of pyridine rings is 1. The molecule has 1 aromatic carbocycles. The van der Waals surface area contributed by atoms with E-state index < -0.39 is 17.2 Å². The number of esters is 1. The molecule has 0 spiro atoms. The molecule has 0 aliphatic heterocycles. The van der Waals surface area contributed by atoms with Crippen LogP contribution in [0.15, 0.2) is 23.1 Å². The van der Waals surface area contributed by atoms with E-state index in [4.69, 9.17) is 4.74 Å². The number of hydrogen-bond donors (Lipinski definition) is 2. The quantitative estimate of drug-likeness (QED) is 0.840. The van der Waals surface area contributed by atoms with Gasteiger partial charge in [-0.3, -0.25) is 4.79 Å². The molecule has 128 valence electrons. The molecule has 0 unspecified atom stereocenters. The summed E-state index contributed by atoms with van der Waals surface area (Å²) >= 11 is 0. The molecule has 6 heteroatoms. The highest BCUT2D eigenvalue weighted by molar-refractivity contribution is 5.94. The van der Waals surface area contributed by atoms with Crippen LogP contribution in [0.25, 0.3) is 10.9 Å². The number of hydrogen-bond acceptors (Lipinski definition) is 4. The monoisotopic (exact) mass is 332 g/mol. The van der Waals surface area contributed by atoms with E-state index in [1.807, 2.05) is 0 Å². The smallest absolute Gasteiger partial charge is 0.343 e. The summed E-state index contributed by atoms with van der Waals surface area (Å²) in [7, 11) is 0. The summed E-state index contributed by atoms with van der Waals surface area (Å²) in [5.74, 6) is -1.19. The van der Waals surface area contributed by atoms with Crippen molar-refractivity contribution in [3.8, 4) is 0 Å². The van der Waals surface area contributed by atoms with Crippen LogP contribution in [0.5, 0.6) is 0 Å². The van der Waals surface area contributed by atoms with Gasteiger partial charge in [-0.1, -0.05) is 19.3 Å². The van der Waals surface area contributed by atoms with Gasteiger partial charge in [-0.15, -0.1) is 0 Å². The van der Waals surface area contributed by atoms with Gasteiger partial charge in [-0.25, -0.2) is 9.18 Å². The molecule has 0 bridgehead atoms. The second-order valence-corrected chi connectivity index (χ2v) is 6.11. The molecule has 1 heterocycles. The van der Waals surface area contributed by atoms with E-state index in [9.17, 15) is 14.0 Å². The van der Waals surface area contributed by atoms with E-state index in [1.165, 1.54) is 18.7 Å². The predicted octanol–water partition coefficient (Wildman–Crippen LogP) is 3.59. The van der Waals surface area contributed by atoms with Crippen LogP contribution in [0, 0.1) is 5.82 Å². The lowest BCUT2D eigenvalue weighted by molar-refractivity contribution is 0.0524. The van der Waals surface area contributed by atoms with Crippen LogP contribution in [-0.2, 0) is 4.74 Å². The number of H-pyrrole nitrogens is 1. The molecule has 24 heavy (non-hydrogen) atoms. The Morgan fingerprint density at radius 3 is 2.79 bits per heavy atom. The Hall–Kier alpha value is -2.37. The zero-order chi connectivity index (χ0) is 17.1. The third-order valence-corrected chi connectivity index (χ3v) is 4.43. The Balaban J connectivity index is 1.95. The second-order valence-electron chi connectivity index (χ2n) is 6.11. The van der Waals surface area contributed by atoms with Crippen LogP contribution in [-0.4, -0.2) is 23.6 Å². The van der Waals surface area contributed by atoms with Crippen molar-refractivity contribution in [1.29, 1.82) is 0 Å². The molecule has 5 nitrogen and oxygen atoms in total. The van der Waals surface area contributed by atoms with Gasteiger partial charge in [-0.2, -0.15) is 0 Å². The lowest BCUT2D eigenvalue weighted by Crippen LogP contribution is -2.23. The third-order valence-electron chi connectivity index (χ3n) is 4.43. The first kappa shape index (κ1) is 16.5. The fraction of sp³-hybridized carbons (Fsp3) is 0.444. The first-order valence-corrected chi connectivity index (χ1v) is 8.38. The summed E-state index contributed by atoms with van der Waals surface area (Å²) in [6.45, 7) is 1.84. The van der Waals surface area contributed by atoms with Gasteiger partial charge in [0.1, 0.15) is 11.4 Å². The summed E-state index contributed by atoms with van der Waals surface area (Å²) in [5, 5.41) is 3.38. The van der Waals surface area contributed by atoms with Gasteiger partial charge >= 0.3 is 5.97 Å². The van der Waals surface area contributed by atoms with Crippen LogP contribution >= 0.6 is 0 Å². The van der Waals surface area contributed by atoms with Crippen LogP contribution in [0.4, 0.5) is 10.1 Å². The Bertz CT molecular complexity index is 810. The minimum absolute atomic E-state index is 0.114. The predicted molar refractivity (Wildman–Crippen MR) is 91.0 cm³/mol. The van der Waals surface area contributed by atoms with Gasteiger partial charge in [-0.05, 0) is 31.9 Å². The highest BCUT2D eigenvalue weighted by Gasteiger charge is 2.18. The van der Waals surface area contributed by atoms with Gasteiger partial charge in [0.2, 0.25) is 5.43 Å². The largest absolute Gasteiger partial charge is 0.462 e. The van der Waals surface area contributed by atoms with Gasteiger partial charge in [0, 0.05) is 17.6 Å². The number of fused-ring (bicyclic) bond motifs is 1. The van der Waals surface area contributed by atoms with Crippen molar-refractivity contribution in [2.75, 3.05) is 11.9 Å². The number of nitrogens with one attached hydrogen (secondary N) is 2. The molecular formula is C18H21FN2O3. The number of halogens is 1. The molecule has 1 fully saturated rings. The highest BCUT2D eigenvalue weighted by atomic mass is 19.1. The Morgan fingerprint density at radius 1 is 1.33 bits per heavy atom. The number of aromatic amines is 1. The number of ether oxygens (including phenoxy) is 1. The lowest BCUT2D eigenvalue weighted by Gasteiger charge is -2.24. The Morgan fingerprint density at radius 2 is 2.08 bits per heavy atom. The van der Waals surface area contributed by atoms with Crippen LogP contribution in [0.2, 0.25) is 0 Å². The molecule has 0 amide bonds. The number of anilines is 1. The summed E-state index contributed by atoms with van der Waals surface area (Å²) in [4.78, 5) is 27.1. The molecule has 1 aliphatic carbocycles. The van der Waals surface area contributed by atoms with Crippen LogP contribution < -0.4 is 10.7 Å². The molecule has 0 saturated heterocycles. The number of benzene rings is 1. The zero-order valence-electron chi connectivity index (χ0n) is 13.7. The van der Waals surface area contributed by atoms with Gasteiger partial charge in [0.15, 0.2) is 0 Å². The summed E-state index contributed by atoms with van der Waals surface area (Å²) < 4.78 is 19.3. The van der Waals surface area contributed by atoms with Crippen molar-refractivity contribution in [2.24, 2.45) is 0 Å². The third kappa shape index (κ3) is 3.27. The van der Waals surface area contributed by atoms with E-state index in [-0.39, 0.29) is 23.6 Å². The standard InChI is InChI=1S/C18H21FN2O3/c1-2-24-18(23)13-10-20-15-9-16(14(19)8-12(15)17(13)22)21-11-6-4-3-5-7-11/h8-11,21H,2-7H2,1H3,(H,20,22). The Labute approximate surface area is 139 Å².